The fourth-order valence-corrected chi connectivity index (χ4v) is 2.64. The highest BCUT2D eigenvalue weighted by Crippen LogP contribution is 2.28. The van der Waals surface area contributed by atoms with Gasteiger partial charge in [0.2, 0.25) is 0 Å². The van der Waals surface area contributed by atoms with Gasteiger partial charge in [-0.3, -0.25) is 9.48 Å². The smallest absolute Gasteiger partial charge is 0.276 e. The second-order valence-electron chi connectivity index (χ2n) is 4.36. The van der Waals surface area contributed by atoms with Gasteiger partial charge in [-0.1, -0.05) is 17.3 Å². The van der Waals surface area contributed by atoms with E-state index in [2.05, 4.69) is 20.0 Å². The van der Waals surface area contributed by atoms with Crippen molar-refractivity contribution in [3.63, 3.8) is 0 Å². The topological polar surface area (TPSA) is 72.7 Å². The Morgan fingerprint density at radius 3 is 3.00 bits per heavy atom. The molecule has 2 heterocycles. The highest BCUT2D eigenvalue weighted by molar-refractivity contribution is 7.10. The summed E-state index contributed by atoms with van der Waals surface area (Å²) in [6, 6.07) is 2.21. The number of amides is 1. The standard InChI is InChI=1S/C11H13N5OS/c17-11(13-10-7-12-15-18-10)9-5-6-16(14-9)8-3-1-2-4-8/h5-8H,1-4H2,(H,13,17). The van der Waals surface area contributed by atoms with Crippen LogP contribution >= 0.6 is 11.5 Å². The molecule has 0 atom stereocenters. The average Bonchev–Trinajstić information content (AvgIpc) is 3.11. The lowest BCUT2D eigenvalue weighted by atomic mass is 10.3. The molecular formula is C11H13N5OS. The molecule has 1 saturated carbocycles. The van der Waals surface area contributed by atoms with E-state index in [0.717, 1.165) is 24.4 Å². The number of nitrogens with zero attached hydrogens (tertiary/aromatic N) is 4. The lowest BCUT2D eigenvalue weighted by Gasteiger charge is -2.08. The van der Waals surface area contributed by atoms with Crippen LogP contribution < -0.4 is 5.32 Å². The first-order valence-electron chi connectivity index (χ1n) is 5.97. The lowest BCUT2D eigenvalue weighted by Crippen LogP contribution is -2.13. The van der Waals surface area contributed by atoms with Crippen LogP contribution in [0.15, 0.2) is 18.5 Å². The molecule has 1 fully saturated rings. The van der Waals surface area contributed by atoms with Gasteiger partial charge in [0, 0.05) is 17.7 Å². The molecule has 0 saturated heterocycles. The maximum absolute atomic E-state index is 11.9. The second kappa shape index (κ2) is 4.85. The number of carbonyl (C=O) groups excluding carboxylic acids is 1. The predicted molar refractivity (Wildman–Crippen MR) is 67.6 cm³/mol. The van der Waals surface area contributed by atoms with Crippen LogP contribution in [0.1, 0.15) is 42.2 Å². The van der Waals surface area contributed by atoms with Gasteiger partial charge in [0.25, 0.3) is 5.91 Å². The van der Waals surface area contributed by atoms with Crippen molar-refractivity contribution in [2.24, 2.45) is 0 Å². The molecule has 0 unspecified atom stereocenters. The van der Waals surface area contributed by atoms with Crippen molar-refractivity contribution >= 4 is 22.4 Å². The van der Waals surface area contributed by atoms with E-state index < -0.39 is 0 Å². The second-order valence-corrected chi connectivity index (χ2v) is 5.14. The summed E-state index contributed by atoms with van der Waals surface area (Å²) in [4.78, 5) is 11.9. The van der Waals surface area contributed by atoms with Crippen LogP contribution in [0.25, 0.3) is 0 Å². The Morgan fingerprint density at radius 1 is 1.44 bits per heavy atom. The number of carbonyl (C=O) groups is 1. The fourth-order valence-electron chi connectivity index (χ4n) is 2.23. The Balaban J connectivity index is 1.70. The minimum Gasteiger partial charge on any atom is -0.310 e. The molecule has 2 aromatic heterocycles. The van der Waals surface area contributed by atoms with E-state index in [4.69, 9.17) is 0 Å². The Labute approximate surface area is 108 Å². The monoisotopic (exact) mass is 263 g/mol. The molecule has 18 heavy (non-hydrogen) atoms. The van der Waals surface area contributed by atoms with E-state index in [0.29, 0.717) is 16.7 Å². The summed E-state index contributed by atoms with van der Waals surface area (Å²) in [5, 5.41) is 11.4. The van der Waals surface area contributed by atoms with Crippen LogP contribution in [0.5, 0.6) is 0 Å². The van der Waals surface area contributed by atoms with E-state index in [9.17, 15) is 4.79 Å². The molecule has 0 radical (unpaired) electrons. The third-order valence-electron chi connectivity index (χ3n) is 3.14. The molecule has 0 aromatic carbocycles. The Bertz CT molecular complexity index is 529. The Hall–Kier alpha value is -1.76. The van der Waals surface area contributed by atoms with Crippen molar-refractivity contribution in [1.82, 2.24) is 19.4 Å². The Morgan fingerprint density at radius 2 is 2.28 bits per heavy atom. The van der Waals surface area contributed by atoms with Crippen LogP contribution in [0.2, 0.25) is 0 Å². The number of aromatic nitrogens is 4. The molecule has 1 N–H and O–H groups in total. The maximum Gasteiger partial charge on any atom is 0.276 e. The van der Waals surface area contributed by atoms with Gasteiger partial charge < -0.3 is 5.32 Å². The van der Waals surface area contributed by atoms with Gasteiger partial charge in [0.1, 0.15) is 5.00 Å². The van der Waals surface area contributed by atoms with Crippen molar-refractivity contribution in [3.8, 4) is 0 Å². The van der Waals surface area contributed by atoms with Gasteiger partial charge in [-0.05, 0) is 18.9 Å². The highest BCUT2D eigenvalue weighted by Gasteiger charge is 2.19. The largest absolute Gasteiger partial charge is 0.310 e. The molecule has 2 aromatic rings. The van der Waals surface area contributed by atoms with Gasteiger partial charge in [-0.25, -0.2) is 0 Å². The summed E-state index contributed by atoms with van der Waals surface area (Å²) in [7, 11) is 0. The van der Waals surface area contributed by atoms with Crippen molar-refractivity contribution in [3.05, 3.63) is 24.2 Å². The lowest BCUT2D eigenvalue weighted by molar-refractivity contribution is 0.102. The summed E-state index contributed by atoms with van der Waals surface area (Å²) in [5.74, 6) is -0.210. The molecule has 1 amide bonds. The van der Waals surface area contributed by atoms with Crippen LogP contribution in [0.3, 0.4) is 0 Å². The first kappa shape index (κ1) is 11.3. The minimum absolute atomic E-state index is 0.210. The number of nitrogens with one attached hydrogen (secondary N) is 1. The van der Waals surface area contributed by atoms with Gasteiger partial charge in [0.05, 0.1) is 12.2 Å². The summed E-state index contributed by atoms with van der Waals surface area (Å²) < 4.78 is 5.60. The average molecular weight is 263 g/mol. The van der Waals surface area contributed by atoms with Gasteiger partial charge in [-0.15, -0.1) is 5.10 Å². The van der Waals surface area contributed by atoms with Crippen LogP contribution in [-0.2, 0) is 0 Å². The maximum atomic E-state index is 11.9. The third-order valence-corrected chi connectivity index (χ3v) is 3.72. The normalized spacial score (nSPS) is 16.0. The van der Waals surface area contributed by atoms with E-state index in [-0.39, 0.29) is 5.91 Å². The molecular weight excluding hydrogens is 250 g/mol. The van der Waals surface area contributed by atoms with Gasteiger partial charge >= 0.3 is 0 Å². The summed E-state index contributed by atoms with van der Waals surface area (Å²) in [6.07, 6.45) is 8.21. The minimum atomic E-state index is -0.210. The molecule has 1 aliphatic carbocycles. The molecule has 1 aliphatic rings. The van der Waals surface area contributed by atoms with Gasteiger partial charge in [0.15, 0.2) is 5.69 Å². The first-order chi connectivity index (χ1) is 8.83. The summed E-state index contributed by atoms with van der Waals surface area (Å²) >= 11 is 1.15. The van der Waals surface area contributed by atoms with Crippen molar-refractivity contribution < 1.29 is 4.79 Å². The van der Waals surface area contributed by atoms with E-state index in [1.165, 1.54) is 19.0 Å². The molecule has 94 valence electrons. The number of hydrogen-bond donors (Lipinski definition) is 1. The molecule has 0 aliphatic heterocycles. The molecule has 0 spiro atoms. The third kappa shape index (κ3) is 2.26. The number of rotatable bonds is 3. The van der Waals surface area contributed by atoms with Gasteiger partial charge in [-0.2, -0.15) is 5.10 Å². The number of anilines is 1. The quantitative estimate of drug-likeness (QED) is 0.920. The van der Waals surface area contributed by atoms with Crippen molar-refractivity contribution in [2.75, 3.05) is 5.32 Å². The van der Waals surface area contributed by atoms with Crippen LogP contribution in [-0.4, -0.2) is 25.3 Å². The Kier molecular flexibility index (Phi) is 3.06. The fraction of sp³-hybridized carbons (Fsp3) is 0.455. The molecule has 3 rings (SSSR count). The van der Waals surface area contributed by atoms with Crippen molar-refractivity contribution in [2.45, 2.75) is 31.7 Å². The number of hydrogen-bond acceptors (Lipinski definition) is 5. The van der Waals surface area contributed by atoms with E-state index in [1.807, 2.05) is 10.9 Å². The zero-order chi connectivity index (χ0) is 12.4. The van der Waals surface area contributed by atoms with E-state index >= 15 is 0 Å². The van der Waals surface area contributed by atoms with Crippen LogP contribution in [0, 0.1) is 0 Å². The summed E-state index contributed by atoms with van der Waals surface area (Å²) in [5.41, 5.74) is 0.440. The van der Waals surface area contributed by atoms with Crippen molar-refractivity contribution in [1.29, 1.82) is 0 Å². The molecule has 6 nitrogen and oxygen atoms in total. The zero-order valence-corrected chi connectivity index (χ0v) is 10.6. The van der Waals surface area contributed by atoms with Crippen LogP contribution in [0.4, 0.5) is 5.00 Å². The molecule has 0 bridgehead atoms. The highest BCUT2D eigenvalue weighted by atomic mass is 32.1. The predicted octanol–water partition coefficient (Wildman–Crippen LogP) is 2.10. The SMILES string of the molecule is O=C(Nc1cnns1)c1ccn(C2CCCC2)n1. The first-order valence-corrected chi connectivity index (χ1v) is 6.74. The van der Waals surface area contributed by atoms with E-state index in [1.54, 1.807) is 6.07 Å². The zero-order valence-electron chi connectivity index (χ0n) is 9.74. The molecule has 7 heteroatoms. The summed E-state index contributed by atoms with van der Waals surface area (Å²) in [6.45, 7) is 0.